The van der Waals surface area contributed by atoms with Gasteiger partial charge in [0.05, 0.1) is 0 Å². The number of rotatable bonds is 4. The van der Waals surface area contributed by atoms with Crippen LogP contribution < -0.4 is 5.73 Å². The number of ether oxygens (including phenoxy) is 1. The van der Waals surface area contributed by atoms with E-state index in [4.69, 9.17) is 10.5 Å². The summed E-state index contributed by atoms with van der Waals surface area (Å²) in [5.41, 5.74) is 7.87. The van der Waals surface area contributed by atoms with Gasteiger partial charge in [-0.3, -0.25) is 0 Å². The zero-order chi connectivity index (χ0) is 12.1. The third kappa shape index (κ3) is 2.70. The lowest BCUT2D eigenvalue weighted by molar-refractivity contribution is 0.0347. The molecule has 1 aromatic carbocycles. The maximum Gasteiger partial charge on any atom is 0.0469 e. The molecule has 1 saturated heterocycles. The van der Waals surface area contributed by atoms with Crippen molar-refractivity contribution < 1.29 is 4.74 Å². The van der Waals surface area contributed by atoms with Gasteiger partial charge in [-0.25, -0.2) is 0 Å². The Morgan fingerprint density at radius 1 is 1.24 bits per heavy atom. The number of nitrogens with two attached hydrogens (primary N) is 1. The van der Waals surface area contributed by atoms with Crippen molar-refractivity contribution in [1.82, 2.24) is 0 Å². The molecule has 0 spiro atoms. The smallest absolute Gasteiger partial charge is 0.0469 e. The van der Waals surface area contributed by atoms with Crippen LogP contribution in [0.25, 0.3) is 0 Å². The molecule has 2 heteroatoms. The molecule has 0 aliphatic carbocycles. The molecule has 2 nitrogen and oxygen atoms in total. The van der Waals surface area contributed by atoms with E-state index in [2.05, 4.69) is 37.3 Å². The average molecular weight is 233 g/mol. The van der Waals surface area contributed by atoms with Crippen molar-refractivity contribution in [3.05, 3.63) is 35.9 Å². The molecule has 0 aromatic heterocycles. The summed E-state index contributed by atoms with van der Waals surface area (Å²) in [5, 5.41) is 0. The molecule has 17 heavy (non-hydrogen) atoms. The standard InChI is InChI=1S/C15H23NO/c1-2-10-15(16,13-6-4-3-5-7-13)14-8-11-17-12-9-14/h3-7,14H,2,8-12,16H2,1H3. The molecule has 94 valence electrons. The summed E-state index contributed by atoms with van der Waals surface area (Å²) < 4.78 is 5.45. The molecule has 0 bridgehead atoms. The number of hydrogen-bond donors (Lipinski definition) is 1. The highest BCUT2D eigenvalue weighted by Gasteiger charge is 2.36. The normalized spacial score (nSPS) is 21.1. The fourth-order valence-corrected chi connectivity index (χ4v) is 2.96. The Balaban J connectivity index is 2.24. The molecule has 1 atom stereocenters. The van der Waals surface area contributed by atoms with Crippen molar-refractivity contribution in [3.63, 3.8) is 0 Å². The number of hydrogen-bond acceptors (Lipinski definition) is 2. The van der Waals surface area contributed by atoms with Crippen LogP contribution in [0, 0.1) is 5.92 Å². The Bertz CT molecular complexity index is 332. The minimum atomic E-state index is -0.167. The van der Waals surface area contributed by atoms with Gasteiger partial charge in [0.25, 0.3) is 0 Å². The Kier molecular flexibility index (Phi) is 4.19. The highest BCUT2D eigenvalue weighted by atomic mass is 16.5. The second kappa shape index (κ2) is 5.65. The van der Waals surface area contributed by atoms with E-state index in [1.54, 1.807) is 0 Å². The van der Waals surface area contributed by atoms with Crippen LogP contribution in [0.15, 0.2) is 30.3 Å². The predicted molar refractivity (Wildman–Crippen MR) is 70.8 cm³/mol. The number of benzene rings is 1. The predicted octanol–water partition coefficient (Wildman–Crippen LogP) is 3.07. The van der Waals surface area contributed by atoms with E-state index in [-0.39, 0.29) is 5.54 Å². The molecule has 0 amide bonds. The van der Waals surface area contributed by atoms with Gasteiger partial charge >= 0.3 is 0 Å². The minimum absolute atomic E-state index is 0.167. The van der Waals surface area contributed by atoms with Gasteiger partial charge < -0.3 is 10.5 Å². The van der Waals surface area contributed by atoms with Gasteiger partial charge in [-0.05, 0) is 30.7 Å². The van der Waals surface area contributed by atoms with E-state index in [1.807, 2.05) is 0 Å². The Hall–Kier alpha value is -0.860. The first-order valence-corrected chi connectivity index (χ1v) is 6.69. The summed E-state index contributed by atoms with van der Waals surface area (Å²) in [5.74, 6) is 0.554. The molecule has 0 radical (unpaired) electrons. The van der Waals surface area contributed by atoms with Crippen LogP contribution in [-0.2, 0) is 10.3 Å². The Morgan fingerprint density at radius 2 is 1.88 bits per heavy atom. The Morgan fingerprint density at radius 3 is 2.47 bits per heavy atom. The van der Waals surface area contributed by atoms with Crippen LogP contribution in [0.3, 0.4) is 0 Å². The maximum atomic E-state index is 6.75. The zero-order valence-electron chi connectivity index (χ0n) is 10.7. The van der Waals surface area contributed by atoms with E-state index in [9.17, 15) is 0 Å². The lowest BCUT2D eigenvalue weighted by atomic mass is 9.72. The first-order valence-electron chi connectivity index (χ1n) is 6.69. The van der Waals surface area contributed by atoms with Crippen LogP contribution >= 0.6 is 0 Å². The monoisotopic (exact) mass is 233 g/mol. The van der Waals surface area contributed by atoms with E-state index in [0.29, 0.717) is 5.92 Å². The summed E-state index contributed by atoms with van der Waals surface area (Å²) in [7, 11) is 0. The van der Waals surface area contributed by atoms with Crippen molar-refractivity contribution in [2.45, 2.75) is 38.1 Å². The summed E-state index contributed by atoms with van der Waals surface area (Å²) >= 11 is 0. The molecule has 2 N–H and O–H groups in total. The van der Waals surface area contributed by atoms with E-state index in [1.165, 1.54) is 5.56 Å². The van der Waals surface area contributed by atoms with Gasteiger partial charge in [0.2, 0.25) is 0 Å². The lowest BCUT2D eigenvalue weighted by Crippen LogP contribution is -2.46. The minimum Gasteiger partial charge on any atom is -0.381 e. The fourth-order valence-electron chi connectivity index (χ4n) is 2.96. The van der Waals surface area contributed by atoms with Crippen molar-refractivity contribution >= 4 is 0 Å². The lowest BCUT2D eigenvalue weighted by Gasteiger charge is -2.40. The molecule has 1 aliphatic rings. The molecule has 1 aromatic rings. The molecule has 2 rings (SSSR count). The fraction of sp³-hybridized carbons (Fsp3) is 0.600. The van der Waals surface area contributed by atoms with Gasteiger partial charge in [-0.2, -0.15) is 0 Å². The van der Waals surface area contributed by atoms with Crippen molar-refractivity contribution in [2.24, 2.45) is 11.7 Å². The van der Waals surface area contributed by atoms with Gasteiger partial charge in [-0.15, -0.1) is 0 Å². The third-order valence-electron chi connectivity index (χ3n) is 3.92. The molecule has 0 saturated carbocycles. The average Bonchev–Trinajstić information content (AvgIpc) is 2.41. The van der Waals surface area contributed by atoms with Crippen LogP contribution in [0.1, 0.15) is 38.2 Å². The van der Waals surface area contributed by atoms with Crippen LogP contribution in [0.4, 0.5) is 0 Å². The van der Waals surface area contributed by atoms with Crippen LogP contribution in [-0.4, -0.2) is 13.2 Å². The molecule has 1 fully saturated rings. The summed E-state index contributed by atoms with van der Waals surface area (Å²) in [6.07, 6.45) is 4.36. The molecule has 1 unspecified atom stereocenters. The van der Waals surface area contributed by atoms with Crippen molar-refractivity contribution in [3.8, 4) is 0 Å². The second-order valence-electron chi connectivity index (χ2n) is 5.04. The van der Waals surface area contributed by atoms with Gasteiger partial charge in [0.15, 0.2) is 0 Å². The Labute approximate surface area is 104 Å². The van der Waals surface area contributed by atoms with Gasteiger partial charge in [0, 0.05) is 18.8 Å². The molecular formula is C15H23NO. The first-order chi connectivity index (χ1) is 8.27. The summed E-state index contributed by atoms with van der Waals surface area (Å²) in [6.45, 7) is 3.93. The van der Waals surface area contributed by atoms with Gasteiger partial charge in [-0.1, -0.05) is 43.7 Å². The van der Waals surface area contributed by atoms with Crippen molar-refractivity contribution in [1.29, 1.82) is 0 Å². The second-order valence-corrected chi connectivity index (χ2v) is 5.04. The summed E-state index contributed by atoms with van der Waals surface area (Å²) in [4.78, 5) is 0. The van der Waals surface area contributed by atoms with E-state index < -0.39 is 0 Å². The topological polar surface area (TPSA) is 35.2 Å². The highest BCUT2D eigenvalue weighted by molar-refractivity contribution is 5.25. The quantitative estimate of drug-likeness (QED) is 0.867. The molecule has 1 aliphatic heterocycles. The highest BCUT2D eigenvalue weighted by Crippen LogP contribution is 2.37. The maximum absolute atomic E-state index is 6.75. The summed E-state index contributed by atoms with van der Waals surface area (Å²) in [6, 6.07) is 10.6. The third-order valence-corrected chi connectivity index (χ3v) is 3.92. The molecule has 1 heterocycles. The van der Waals surface area contributed by atoms with E-state index >= 15 is 0 Å². The first kappa shape index (κ1) is 12.6. The molecular weight excluding hydrogens is 210 g/mol. The SMILES string of the molecule is CCCC(N)(c1ccccc1)C1CCOCC1. The largest absolute Gasteiger partial charge is 0.381 e. The van der Waals surface area contributed by atoms with Gasteiger partial charge in [0.1, 0.15) is 0 Å². The van der Waals surface area contributed by atoms with Crippen LogP contribution in [0.2, 0.25) is 0 Å². The van der Waals surface area contributed by atoms with Crippen LogP contribution in [0.5, 0.6) is 0 Å². The van der Waals surface area contributed by atoms with E-state index in [0.717, 1.165) is 38.9 Å². The zero-order valence-corrected chi connectivity index (χ0v) is 10.7. The van der Waals surface area contributed by atoms with Crippen molar-refractivity contribution in [2.75, 3.05) is 13.2 Å².